The fraction of sp³-hybridized carbons (Fsp3) is 0.385. The summed E-state index contributed by atoms with van der Waals surface area (Å²) in [6.45, 7) is 8.28. The SMILES string of the molecule is CCOc1ccccc1[C@H]1NC(=O)NC(CN2CCN(c3ccc(C)cc3)CC2)=C1C(=O)OC. The third kappa shape index (κ3) is 5.17. The number of esters is 1. The molecule has 2 amide bonds. The van der Waals surface area contributed by atoms with Gasteiger partial charge in [-0.25, -0.2) is 9.59 Å². The monoisotopic (exact) mass is 464 g/mol. The predicted molar refractivity (Wildman–Crippen MR) is 131 cm³/mol. The zero-order valence-corrected chi connectivity index (χ0v) is 20.0. The van der Waals surface area contributed by atoms with Gasteiger partial charge in [0.15, 0.2) is 0 Å². The van der Waals surface area contributed by atoms with Crippen molar-refractivity contribution in [2.24, 2.45) is 0 Å². The number of aryl methyl sites for hydroxylation is 1. The Balaban J connectivity index is 1.57. The molecule has 2 aliphatic rings. The third-order valence-corrected chi connectivity index (χ3v) is 6.24. The molecule has 0 aliphatic carbocycles. The lowest BCUT2D eigenvalue weighted by atomic mass is 9.94. The molecule has 8 heteroatoms. The molecule has 2 N–H and O–H groups in total. The highest BCUT2D eigenvalue weighted by molar-refractivity contribution is 5.95. The van der Waals surface area contributed by atoms with Crippen molar-refractivity contribution in [3.05, 3.63) is 70.9 Å². The lowest BCUT2D eigenvalue weighted by molar-refractivity contribution is -0.136. The lowest BCUT2D eigenvalue weighted by Crippen LogP contribution is -2.51. The second kappa shape index (κ2) is 10.6. The van der Waals surface area contributed by atoms with Gasteiger partial charge in [0.25, 0.3) is 0 Å². The summed E-state index contributed by atoms with van der Waals surface area (Å²) >= 11 is 0. The Morgan fingerprint density at radius 2 is 1.76 bits per heavy atom. The van der Waals surface area contributed by atoms with Crippen molar-refractivity contribution in [1.29, 1.82) is 0 Å². The number of nitrogens with zero attached hydrogens (tertiary/aromatic N) is 2. The summed E-state index contributed by atoms with van der Waals surface area (Å²) in [5.41, 5.74) is 4.14. The zero-order chi connectivity index (χ0) is 24.1. The van der Waals surface area contributed by atoms with Crippen LogP contribution in [0.4, 0.5) is 10.5 Å². The number of nitrogens with one attached hydrogen (secondary N) is 2. The molecule has 1 atom stereocenters. The van der Waals surface area contributed by atoms with Gasteiger partial charge in [0.2, 0.25) is 0 Å². The van der Waals surface area contributed by atoms with Crippen LogP contribution in [0.15, 0.2) is 59.8 Å². The molecule has 0 unspecified atom stereocenters. The van der Waals surface area contributed by atoms with E-state index in [1.807, 2.05) is 31.2 Å². The first-order valence-electron chi connectivity index (χ1n) is 11.6. The molecule has 2 aromatic rings. The van der Waals surface area contributed by atoms with Crippen molar-refractivity contribution in [2.75, 3.05) is 51.3 Å². The Morgan fingerprint density at radius 1 is 1.06 bits per heavy atom. The molecule has 1 fully saturated rings. The lowest BCUT2D eigenvalue weighted by Gasteiger charge is -2.38. The summed E-state index contributed by atoms with van der Waals surface area (Å²) in [4.78, 5) is 30.1. The Morgan fingerprint density at radius 3 is 2.44 bits per heavy atom. The predicted octanol–water partition coefficient (Wildman–Crippen LogP) is 3.00. The summed E-state index contributed by atoms with van der Waals surface area (Å²) in [5, 5.41) is 5.74. The maximum Gasteiger partial charge on any atom is 0.338 e. The van der Waals surface area contributed by atoms with Gasteiger partial charge >= 0.3 is 12.0 Å². The zero-order valence-electron chi connectivity index (χ0n) is 20.0. The Bertz CT molecular complexity index is 1060. The van der Waals surface area contributed by atoms with E-state index in [0.29, 0.717) is 30.2 Å². The second-order valence-corrected chi connectivity index (χ2v) is 8.48. The van der Waals surface area contributed by atoms with Gasteiger partial charge in [0.1, 0.15) is 5.75 Å². The third-order valence-electron chi connectivity index (χ3n) is 6.24. The largest absolute Gasteiger partial charge is 0.494 e. The highest BCUT2D eigenvalue weighted by Crippen LogP contribution is 2.34. The molecule has 1 saturated heterocycles. The Kier molecular flexibility index (Phi) is 7.37. The molecule has 0 saturated carbocycles. The number of ether oxygens (including phenoxy) is 2. The number of piperazine rings is 1. The van der Waals surface area contributed by atoms with Crippen LogP contribution in [0.2, 0.25) is 0 Å². The standard InChI is InChI=1S/C26H32N4O4/c1-4-34-22-8-6-5-7-20(22)24-23(25(31)33-3)21(27-26(32)28-24)17-29-13-15-30(16-14-29)19-11-9-18(2)10-12-19/h5-12,24H,4,13-17H2,1-3H3,(H2,27,28,32)/t24-/m1/s1. The summed E-state index contributed by atoms with van der Waals surface area (Å²) in [6, 6.07) is 15.0. The van der Waals surface area contributed by atoms with Crippen molar-refractivity contribution >= 4 is 17.7 Å². The highest BCUT2D eigenvalue weighted by Gasteiger charge is 2.35. The van der Waals surface area contributed by atoms with Crippen LogP contribution in [-0.2, 0) is 9.53 Å². The molecule has 0 radical (unpaired) electrons. The minimum atomic E-state index is -0.659. The van der Waals surface area contributed by atoms with E-state index < -0.39 is 12.0 Å². The van der Waals surface area contributed by atoms with E-state index in [2.05, 4.69) is 51.6 Å². The van der Waals surface area contributed by atoms with Crippen molar-refractivity contribution in [3.8, 4) is 5.75 Å². The number of hydrogen-bond acceptors (Lipinski definition) is 6. The molecule has 2 heterocycles. The number of rotatable bonds is 7. The van der Waals surface area contributed by atoms with Gasteiger partial charge in [-0.05, 0) is 32.0 Å². The summed E-state index contributed by atoms with van der Waals surface area (Å²) < 4.78 is 10.9. The van der Waals surface area contributed by atoms with Crippen LogP contribution in [0, 0.1) is 6.92 Å². The molecule has 2 aliphatic heterocycles. The van der Waals surface area contributed by atoms with Crippen LogP contribution in [-0.4, -0.2) is 63.3 Å². The normalized spacial score (nSPS) is 18.9. The van der Waals surface area contributed by atoms with Crippen molar-refractivity contribution in [2.45, 2.75) is 19.9 Å². The number of benzene rings is 2. The molecule has 0 bridgehead atoms. The quantitative estimate of drug-likeness (QED) is 0.613. The van der Waals surface area contributed by atoms with E-state index in [0.717, 1.165) is 31.7 Å². The van der Waals surface area contributed by atoms with Gasteiger partial charge in [-0.1, -0.05) is 35.9 Å². The van der Waals surface area contributed by atoms with Gasteiger partial charge < -0.3 is 25.0 Å². The minimum absolute atomic E-state index is 0.350. The summed E-state index contributed by atoms with van der Waals surface area (Å²) in [6.07, 6.45) is 0. The number of carbonyl (C=O) groups excluding carboxylic acids is 2. The second-order valence-electron chi connectivity index (χ2n) is 8.48. The number of carbonyl (C=O) groups is 2. The maximum atomic E-state index is 12.9. The molecular formula is C26H32N4O4. The van der Waals surface area contributed by atoms with E-state index >= 15 is 0 Å². The minimum Gasteiger partial charge on any atom is -0.494 e. The molecule has 180 valence electrons. The molecule has 4 rings (SSSR count). The van der Waals surface area contributed by atoms with Gasteiger partial charge in [-0.2, -0.15) is 0 Å². The van der Waals surface area contributed by atoms with Crippen LogP contribution < -0.4 is 20.3 Å². The van der Waals surface area contributed by atoms with E-state index in [4.69, 9.17) is 9.47 Å². The first-order chi connectivity index (χ1) is 16.5. The van der Waals surface area contributed by atoms with E-state index in [-0.39, 0.29) is 6.03 Å². The summed E-state index contributed by atoms with van der Waals surface area (Å²) in [5.74, 6) is 0.154. The maximum absolute atomic E-state index is 12.9. The van der Waals surface area contributed by atoms with Crippen LogP contribution in [0.25, 0.3) is 0 Å². The summed E-state index contributed by atoms with van der Waals surface area (Å²) in [7, 11) is 1.36. The van der Waals surface area contributed by atoms with Crippen LogP contribution >= 0.6 is 0 Å². The molecule has 34 heavy (non-hydrogen) atoms. The van der Waals surface area contributed by atoms with Crippen molar-refractivity contribution in [3.63, 3.8) is 0 Å². The van der Waals surface area contributed by atoms with Crippen molar-refractivity contribution < 1.29 is 19.1 Å². The number of methoxy groups -OCH3 is 1. The first-order valence-corrected chi connectivity index (χ1v) is 11.6. The molecule has 0 spiro atoms. The Hall–Kier alpha value is -3.52. The van der Waals surface area contributed by atoms with Gasteiger partial charge in [-0.15, -0.1) is 0 Å². The van der Waals surface area contributed by atoms with Crippen molar-refractivity contribution in [1.82, 2.24) is 15.5 Å². The molecule has 0 aromatic heterocycles. The highest BCUT2D eigenvalue weighted by atomic mass is 16.5. The number of amides is 2. The molecule has 2 aromatic carbocycles. The smallest absolute Gasteiger partial charge is 0.338 e. The van der Waals surface area contributed by atoms with Gasteiger partial charge in [-0.3, -0.25) is 4.90 Å². The number of para-hydroxylation sites is 1. The topological polar surface area (TPSA) is 83.1 Å². The van der Waals surface area contributed by atoms with Crippen LogP contribution in [0.3, 0.4) is 0 Å². The van der Waals surface area contributed by atoms with E-state index in [1.54, 1.807) is 0 Å². The Labute approximate surface area is 200 Å². The van der Waals surface area contributed by atoms with E-state index in [9.17, 15) is 9.59 Å². The average molecular weight is 465 g/mol. The van der Waals surface area contributed by atoms with Gasteiger partial charge in [0, 0.05) is 49.7 Å². The first kappa shape index (κ1) is 23.6. The van der Waals surface area contributed by atoms with E-state index in [1.165, 1.54) is 18.4 Å². The van der Waals surface area contributed by atoms with Crippen LogP contribution in [0.1, 0.15) is 24.1 Å². The average Bonchev–Trinajstić information content (AvgIpc) is 2.85. The number of anilines is 1. The fourth-order valence-electron chi connectivity index (χ4n) is 4.48. The number of urea groups is 1. The number of hydrogen-bond donors (Lipinski definition) is 2. The van der Waals surface area contributed by atoms with Gasteiger partial charge in [0.05, 0.1) is 25.3 Å². The van der Waals surface area contributed by atoms with Crippen LogP contribution in [0.5, 0.6) is 5.75 Å². The molecular weight excluding hydrogens is 432 g/mol. The molecule has 8 nitrogen and oxygen atoms in total. The fourth-order valence-corrected chi connectivity index (χ4v) is 4.48.